The van der Waals surface area contributed by atoms with Crippen LogP contribution in [-0.4, -0.2) is 34.7 Å². The van der Waals surface area contributed by atoms with Crippen molar-refractivity contribution in [3.05, 3.63) is 63.9 Å². The lowest BCUT2D eigenvalue weighted by Crippen LogP contribution is -2.30. The maximum absolute atomic E-state index is 13.3. The number of allylic oxidation sites excluding steroid dienone is 3. The number of rotatable bonds is 7. The standard InChI is InChI=1S/C25H34F5NO3S.C6H14.C2H6.CH4S/c1-5-7-18(35(26,27,28,29)30)8-6-9-20(32)23-16(2)22-19(14-25(3,4)15-21(22)33)31-24(23)17-10-12-34-13-11-17;1-5-6(2,3)4;2*1-2/h5-8,17,20-21,32-33H,1,9-15H2,2-4H3;5H2,1-4H3;1-2H3;2H,1H3/b8-6-,18-7+;;;. The summed E-state index contributed by atoms with van der Waals surface area (Å²) in [5, 5.41) is 21.9. The van der Waals surface area contributed by atoms with Crippen LogP contribution in [0, 0.1) is 17.8 Å². The number of ether oxygens (including phenoxy) is 1. The maximum atomic E-state index is 13.3. The minimum absolute atomic E-state index is 0.0236. The summed E-state index contributed by atoms with van der Waals surface area (Å²) < 4.78 is 72.0. The molecule has 0 saturated carbocycles. The molecule has 2 N–H and O–H groups in total. The average Bonchev–Trinajstić information content (AvgIpc) is 2.92. The molecule has 1 aliphatic heterocycles. The van der Waals surface area contributed by atoms with Crippen molar-refractivity contribution in [3.63, 3.8) is 0 Å². The molecule has 3 rings (SSSR count). The molecule has 0 spiro atoms. The number of pyridine rings is 1. The zero-order chi connectivity index (χ0) is 35.5. The lowest BCUT2D eigenvalue weighted by Gasteiger charge is -2.41. The van der Waals surface area contributed by atoms with Gasteiger partial charge in [0.05, 0.1) is 17.9 Å². The van der Waals surface area contributed by atoms with Gasteiger partial charge in [0.15, 0.2) is 0 Å². The average molecular weight is 688 g/mol. The molecule has 0 radical (unpaired) electrons. The summed E-state index contributed by atoms with van der Waals surface area (Å²) in [6.45, 7) is 22.9. The predicted molar refractivity (Wildman–Crippen MR) is 185 cm³/mol. The second-order valence-corrected chi connectivity index (χ2v) is 15.6. The van der Waals surface area contributed by atoms with E-state index >= 15 is 0 Å². The smallest absolute Gasteiger partial charge is 0.310 e. The molecule has 45 heavy (non-hydrogen) atoms. The highest BCUT2D eigenvalue weighted by molar-refractivity contribution is 8.48. The van der Waals surface area contributed by atoms with Crippen LogP contribution in [-0.2, 0) is 11.2 Å². The second kappa shape index (κ2) is 16.6. The van der Waals surface area contributed by atoms with E-state index in [1.54, 1.807) is 13.2 Å². The highest BCUT2D eigenvalue weighted by Gasteiger charge is 2.66. The molecular formula is C34H58F5NO3S2. The van der Waals surface area contributed by atoms with Crippen LogP contribution >= 0.6 is 22.9 Å². The van der Waals surface area contributed by atoms with Gasteiger partial charge in [-0.05, 0) is 73.8 Å². The summed E-state index contributed by atoms with van der Waals surface area (Å²) >= 11 is 3.53. The van der Waals surface area contributed by atoms with Crippen molar-refractivity contribution in [1.29, 1.82) is 0 Å². The molecule has 1 aliphatic carbocycles. The first kappa shape index (κ1) is 43.6. The summed E-state index contributed by atoms with van der Waals surface area (Å²) in [7, 11) is -9.91. The Morgan fingerprint density at radius 1 is 1.13 bits per heavy atom. The maximum Gasteiger partial charge on any atom is 0.310 e. The van der Waals surface area contributed by atoms with Crippen LogP contribution in [0.25, 0.3) is 0 Å². The van der Waals surface area contributed by atoms with Gasteiger partial charge in [-0.3, -0.25) is 4.98 Å². The summed E-state index contributed by atoms with van der Waals surface area (Å²) in [6, 6.07) is 0. The van der Waals surface area contributed by atoms with Gasteiger partial charge in [0.1, 0.15) is 4.91 Å². The number of nitrogens with zero attached hydrogens (tertiary/aromatic N) is 1. The Balaban J connectivity index is 0.00000170. The van der Waals surface area contributed by atoms with Crippen LogP contribution in [0.3, 0.4) is 0 Å². The van der Waals surface area contributed by atoms with Gasteiger partial charge in [-0.25, -0.2) is 0 Å². The van der Waals surface area contributed by atoms with Crippen molar-refractivity contribution in [2.24, 2.45) is 10.8 Å². The number of aromatic nitrogens is 1. The van der Waals surface area contributed by atoms with Gasteiger partial charge < -0.3 is 14.9 Å². The Kier molecular flexibility index (Phi) is 16.1. The summed E-state index contributed by atoms with van der Waals surface area (Å²) in [4.78, 5) is 2.81. The van der Waals surface area contributed by atoms with E-state index in [2.05, 4.69) is 46.9 Å². The molecule has 0 amide bonds. The quantitative estimate of drug-likeness (QED) is 0.152. The third-order valence-electron chi connectivity index (χ3n) is 7.75. The van der Waals surface area contributed by atoms with Crippen LogP contribution in [0.2, 0.25) is 0 Å². The number of hydrogen-bond donors (Lipinski definition) is 3. The zero-order valence-corrected chi connectivity index (χ0v) is 30.6. The van der Waals surface area contributed by atoms with Crippen LogP contribution in [0.4, 0.5) is 19.4 Å². The molecule has 264 valence electrons. The molecule has 2 heterocycles. The van der Waals surface area contributed by atoms with Gasteiger partial charge in [0.2, 0.25) is 0 Å². The minimum atomic E-state index is -9.91. The molecule has 0 aromatic carbocycles. The fourth-order valence-corrected chi connectivity index (χ4v) is 5.82. The summed E-state index contributed by atoms with van der Waals surface area (Å²) in [5.41, 5.74) is 3.51. The third kappa shape index (κ3) is 14.1. The monoisotopic (exact) mass is 687 g/mol. The predicted octanol–water partition coefficient (Wildman–Crippen LogP) is 11.7. The van der Waals surface area contributed by atoms with Crippen LogP contribution < -0.4 is 0 Å². The molecule has 4 nitrogen and oxygen atoms in total. The van der Waals surface area contributed by atoms with Crippen molar-refractivity contribution < 1.29 is 34.4 Å². The Hall–Kier alpha value is -1.40. The Labute approximate surface area is 274 Å². The summed E-state index contributed by atoms with van der Waals surface area (Å²) in [5.74, 6) is -0.0236. The van der Waals surface area contributed by atoms with E-state index in [1.807, 2.05) is 27.7 Å². The van der Waals surface area contributed by atoms with E-state index in [9.17, 15) is 29.6 Å². The molecular weight excluding hydrogens is 630 g/mol. The first-order valence-electron chi connectivity index (χ1n) is 15.6. The van der Waals surface area contributed by atoms with Crippen molar-refractivity contribution in [3.8, 4) is 0 Å². The Bertz CT molecular complexity index is 1150. The van der Waals surface area contributed by atoms with Crippen molar-refractivity contribution >= 4 is 22.9 Å². The fraction of sp³-hybridized carbons (Fsp3) is 0.676. The number of aliphatic hydroxyl groups excluding tert-OH is 2. The lowest BCUT2D eigenvalue weighted by molar-refractivity contribution is 0.0817. The number of aliphatic hydroxyl groups is 2. The number of fused-ring (bicyclic) bond motifs is 1. The molecule has 2 unspecified atom stereocenters. The van der Waals surface area contributed by atoms with Crippen LogP contribution in [0.1, 0.15) is 134 Å². The molecule has 2 aliphatic rings. The molecule has 11 heteroatoms. The van der Waals surface area contributed by atoms with E-state index in [1.165, 1.54) is 6.42 Å². The first-order valence-corrected chi connectivity index (χ1v) is 18.5. The van der Waals surface area contributed by atoms with Gasteiger partial charge in [-0.15, -0.1) is 0 Å². The van der Waals surface area contributed by atoms with Crippen molar-refractivity contribution in [1.82, 2.24) is 4.98 Å². The minimum Gasteiger partial charge on any atom is -0.388 e. The highest BCUT2D eigenvalue weighted by atomic mass is 32.5. The number of hydrogen-bond acceptors (Lipinski definition) is 5. The largest absolute Gasteiger partial charge is 0.388 e. The van der Waals surface area contributed by atoms with Gasteiger partial charge >= 0.3 is 10.2 Å². The van der Waals surface area contributed by atoms with Gasteiger partial charge in [-0.1, -0.05) is 100.0 Å². The molecule has 0 bridgehead atoms. The van der Waals surface area contributed by atoms with Gasteiger partial charge in [0.25, 0.3) is 0 Å². The second-order valence-electron chi connectivity index (χ2n) is 13.2. The number of thiol groups is 1. The van der Waals surface area contributed by atoms with Gasteiger partial charge in [0, 0.05) is 36.0 Å². The SMILES string of the molecule is C=C/C=C(\C=C/CC(O)c1c(C2CCOCC2)nc2c(c1C)C(O)CC(C)(C)C2)S(F)(F)(F)(F)F.CC.CCC(C)(C)C.CS. The number of halogens is 5. The molecule has 2 atom stereocenters. The Morgan fingerprint density at radius 3 is 2.09 bits per heavy atom. The van der Waals surface area contributed by atoms with Gasteiger partial charge in [-0.2, -0.15) is 12.6 Å². The van der Waals surface area contributed by atoms with E-state index in [-0.39, 0.29) is 23.8 Å². The van der Waals surface area contributed by atoms with Crippen molar-refractivity contribution in [2.75, 3.05) is 19.5 Å². The van der Waals surface area contributed by atoms with E-state index in [0.29, 0.717) is 78.8 Å². The zero-order valence-electron chi connectivity index (χ0n) is 28.9. The van der Waals surface area contributed by atoms with Crippen LogP contribution in [0.5, 0.6) is 0 Å². The Morgan fingerprint density at radius 2 is 1.64 bits per heavy atom. The lowest BCUT2D eigenvalue weighted by atomic mass is 9.72. The third-order valence-corrected chi connectivity index (χ3v) is 8.91. The van der Waals surface area contributed by atoms with E-state index < -0.39 is 27.3 Å². The first-order chi connectivity index (χ1) is 20.5. The highest BCUT2D eigenvalue weighted by Crippen LogP contribution is 3.02. The molecule has 1 aromatic heterocycles. The summed E-state index contributed by atoms with van der Waals surface area (Å²) in [6.07, 6.45) is 5.11. The molecule has 1 saturated heterocycles. The fourth-order valence-electron chi connectivity index (χ4n) is 5.11. The van der Waals surface area contributed by atoms with Crippen molar-refractivity contribution in [2.45, 2.75) is 119 Å². The van der Waals surface area contributed by atoms with Crippen LogP contribution in [0.15, 0.2) is 35.8 Å². The van der Waals surface area contributed by atoms with E-state index in [0.717, 1.165) is 11.8 Å². The molecule has 1 aromatic rings. The normalized spacial score (nSPS) is 20.9. The van der Waals surface area contributed by atoms with E-state index in [4.69, 9.17) is 9.72 Å². The molecule has 1 fully saturated rings. The topological polar surface area (TPSA) is 62.6 Å².